The van der Waals surface area contributed by atoms with Gasteiger partial charge in [-0.25, -0.2) is 4.79 Å². The van der Waals surface area contributed by atoms with Crippen molar-refractivity contribution in [2.45, 2.75) is 39.3 Å². The van der Waals surface area contributed by atoms with Crippen LogP contribution in [0.4, 0.5) is 4.79 Å². The molecule has 0 aromatic heterocycles. The summed E-state index contributed by atoms with van der Waals surface area (Å²) in [5, 5.41) is 2.29. The smallest absolute Gasteiger partial charge is 0.325 e. The Labute approximate surface area is 89.8 Å². The molecule has 0 aliphatic carbocycles. The summed E-state index contributed by atoms with van der Waals surface area (Å²) in [6, 6.07) is -0.336. The minimum absolute atomic E-state index is 0.134. The predicted octanol–water partition coefficient (Wildman–Crippen LogP) is 0.742. The average Bonchev–Trinajstić information content (AvgIpc) is 2.27. The van der Waals surface area contributed by atoms with Gasteiger partial charge in [0.15, 0.2) is 0 Å². The van der Waals surface area contributed by atoms with Crippen LogP contribution < -0.4 is 5.32 Å². The Morgan fingerprint density at radius 2 is 2.00 bits per heavy atom. The van der Waals surface area contributed by atoms with Gasteiger partial charge in [-0.3, -0.25) is 10.1 Å². The van der Waals surface area contributed by atoms with E-state index in [-0.39, 0.29) is 18.0 Å². The molecule has 0 aromatic carbocycles. The van der Waals surface area contributed by atoms with Crippen molar-refractivity contribution < 1.29 is 14.3 Å². The number of hydrogen-bond donors (Lipinski definition) is 1. The van der Waals surface area contributed by atoms with Gasteiger partial charge in [-0.05, 0) is 27.7 Å². The molecule has 0 aromatic rings. The lowest BCUT2D eigenvalue weighted by Gasteiger charge is -2.27. The monoisotopic (exact) mass is 214 g/mol. The molecule has 0 saturated carbocycles. The summed E-state index contributed by atoms with van der Waals surface area (Å²) in [5.74, 6) is -0.253. The van der Waals surface area contributed by atoms with Gasteiger partial charge >= 0.3 is 6.03 Å². The fraction of sp³-hybridized carbons (Fsp3) is 0.800. The van der Waals surface area contributed by atoms with Crippen molar-refractivity contribution >= 4 is 11.9 Å². The van der Waals surface area contributed by atoms with Gasteiger partial charge < -0.3 is 9.64 Å². The van der Waals surface area contributed by atoms with Gasteiger partial charge in [0.25, 0.3) is 5.91 Å². The number of urea groups is 1. The molecule has 0 spiro atoms. The number of nitrogens with one attached hydrogen (secondary N) is 1. The number of carbonyl (C=O) groups excluding carboxylic acids is 2. The Balaban J connectivity index is 2.53. The number of imide groups is 1. The molecule has 1 aliphatic rings. The third kappa shape index (κ3) is 2.47. The Morgan fingerprint density at radius 3 is 2.40 bits per heavy atom. The maximum Gasteiger partial charge on any atom is 0.325 e. The molecule has 1 heterocycles. The van der Waals surface area contributed by atoms with E-state index < -0.39 is 5.54 Å². The number of nitrogens with zero attached hydrogens (tertiary/aromatic N) is 1. The molecule has 1 fully saturated rings. The van der Waals surface area contributed by atoms with Crippen molar-refractivity contribution in [2.24, 2.45) is 0 Å². The molecule has 1 rings (SSSR count). The Kier molecular flexibility index (Phi) is 3.34. The second kappa shape index (κ2) is 4.18. The lowest BCUT2D eigenvalue weighted by atomic mass is 10.1. The standard InChI is InChI=1S/C10H18N2O3/c1-7(2)15-6-5-12-9(14)11-8(13)10(12,3)4/h7H,5-6H2,1-4H3,(H,11,13,14). The van der Waals surface area contributed by atoms with E-state index in [1.165, 1.54) is 4.90 Å². The molecule has 5 heteroatoms. The van der Waals surface area contributed by atoms with Gasteiger partial charge in [0.2, 0.25) is 0 Å². The van der Waals surface area contributed by atoms with Crippen molar-refractivity contribution in [2.75, 3.05) is 13.2 Å². The number of ether oxygens (including phenoxy) is 1. The first kappa shape index (κ1) is 12.0. The Bertz CT molecular complexity index is 274. The average molecular weight is 214 g/mol. The van der Waals surface area contributed by atoms with E-state index in [1.807, 2.05) is 13.8 Å². The number of rotatable bonds is 4. The highest BCUT2D eigenvalue weighted by molar-refractivity contribution is 6.06. The van der Waals surface area contributed by atoms with Gasteiger partial charge in [0.05, 0.1) is 12.7 Å². The van der Waals surface area contributed by atoms with E-state index in [4.69, 9.17) is 4.74 Å². The highest BCUT2D eigenvalue weighted by Gasteiger charge is 2.45. The summed E-state index contributed by atoms with van der Waals surface area (Å²) in [7, 11) is 0. The SMILES string of the molecule is CC(C)OCCN1C(=O)NC(=O)C1(C)C. The molecule has 15 heavy (non-hydrogen) atoms. The van der Waals surface area contributed by atoms with Crippen LogP contribution >= 0.6 is 0 Å². The molecule has 5 nitrogen and oxygen atoms in total. The predicted molar refractivity (Wildman–Crippen MR) is 55.4 cm³/mol. The van der Waals surface area contributed by atoms with Crippen LogP contribution in [0.2, 0.25) is 0 Å². The molecule has 3 amide bonds. The van der Waals surface area contributed by atoms with Crippen molar-refractivity contribution in [3.8, 4) is 0 Å². The zero-order valence-electron chi connectivity index (χ0n) is 9.66. The fourth-order valence-electron chi connectivity index (χ4n) is 1.45. The van der Waals surface area contributed by atoms with Crippen LogP contribution in [-0.4, -0.2) is 41.6 Å². The Hall–Kier alpha value is -1.10. The van der Waals surface area contributed by atoms with Gasteiger partial charge in [0, 0.05) is 6.54 Å². The van der Waals surface area contributed by atoms with Crippen LogP contribution in [0.15, 0.2) is 0 Å². The van der Waals surface area contributed by atoms with Crippen LogP contribution in [0.5, 0.6) is 0 Å². The van der Waals surface area contributed by atoms with Gasteiger partial charge in [0.1, 0.15) is 5.54 Å². The minimum atomic E-state index is -0.766. The first-order valence-electron chi connectivity index (χ1n) is 5.10. The molecule has 0 atom stereocenters. The first-order chi connectivity index (χ1) is 6.85. The summed E-state index contributed by atoms with van der Waals surface area (Å²) >= 11 is 0. The molecular weight excluding hydrogens is 196 g/mol. The second-order valence-corrected chi connectivity index (χ2v) is 4.39. The lowest BCUT2D eigenvalue weighted by molar-refractivity contribution is -0.125. The van der Waals surface area contributed by atoms with E-state index in [1.54, 1.807) is 13.8 Å². The molecule has 1 N–H and O–H groups in total. The maximum atomic E-state index is 11.4. The van der Waals surface area contributed by atoms with Crippen LogP contribution in [0.25, 0.3) is 0 Å². The van der Waals surface area contributed by atoms with Crippen LogP contribution in [0, 0.1) is 0 Å². The lowest BCUT2D eigenvalue weighted by Crippen LogP contribution is -2.45. The number of carbonyl (C=O) groups is 2. The van der Waals surface area contributed by atoms with E-state index in [9.17, 15) is 9.59 Å². The first-order valence-corrected chi connectivity index (χ1v) is 5.10. The third-order valence-electron chi connectivity index (χ3n) is 2.46. The second-order valence-electron chi connectivity index (χ2n) is 4.39. The van der Waals surface area contributed by atoms with Crippen LogP contribution in [-0.2, 0) is 9.53 Å². The summed E-state index contributed by atoms with van der Waals surface area (Å²) < 4.78 is 5.35. The normalized spacial score (nSPS) is 19.9. The maximum absolute atomic E-state index is 11.4. The molecule has 0 bridgehead atoms. The largest absolute Gasteiger partial charge is 0.377 e. The summed E-state index contributed by atoms with van der Waals surface area (Å²) in [5.41, 5.74) is -0.766. The van der Waals surface area contributed by atoms with Gasteiger partial charge in [-0.15, -0.1) is 0 Å². The molecule has 0 radical (unpaired) electrons. The van der Waals surface area contributed by atoms with Gasteiger partial charge in [-0.2, -0.15) is 0 Å². The Morgan fingerprint density at radius 1 is 1.40 bits per heavy atom. The molecule has 1 aliphatic heterocycles. The van der Waals surface area contributed by atoms with Crippen molar-refractivity contribution in [3.05, 3.63) is 0 Å². The molecule has 0 unspecified atom stereocenters. The van der Waals surface area contributed by atoms with E-state index in [2.05, 4.69) is 5.32 Å². The van der Waals surface area contributed by atoms with E-state index in [0.717, 1.165) is 0 Å². The number of amides is 3. The minimum Gasteiger partial charge on any atom is -0.377 e. The van der Waals surface area contributed by atoms with Crippen LogP contribution in [0.1, 0.15) is 27.7 Å². The highest BCUT2D eigenvalue weighted by atomic mass is 16.5. The summed E-state index contributed by atoms with van der Waals surface area (Å²) in [4.78, 5) is 24.3. The fourth-order valence-corrected chi connectivity index (χ4v) is 1.45. The third-order valence-corrected chi connectivity index (χ3v) is 2.46. The van der Waals surface area contributed by atoms with Crippen molar-refractivity contribution in [3.63, 3.8) is 0 Å². The highest BCUT2D eigenvalue weighted by Crippen LogP contribution is 2.20. The van der Waals surface area contributed by atoms with E-state index >= 15 is 0 Å². The van der Waals surface area contributed by atoms with Crippen LogP contribution in [0.3, 0.4) is 0 Å². The zero-order chi connectivity index (χ0) is 11.6. The van der Waals surface area contributed by atoms with Crippen molar-refractivity contribution in [1.82, 2.24) is 10.2 Å². The van der Waals surface area contributed by atoms with Crippen molar-refractivity contribution in [1.29, 1.82) is 0 Å². The number of hydrogen-bond acceptors (Lipinski definition) is 3. The molecule has 86 valence electrons. The topological polar surface area (TPSA) is 58.6 Å². The quantitative estimate of drug-likeness (QED) is 0.702. The summed E-state index contributed by atoms with van der Waals surface area (Å²) in [6.45, 7) is 8.19. The molecular formula is C10H18N2O3. The zero-order valence-corrected chi connectivity index (χ0v) is 9.66. The molecule has 1 saturated heterocycles. The van der Waals surface area contributed by atoms with E-state index in [0.29, 0.717) is 13.2 Å². The van der Waals surface area contributed by atoms with Gasteiger partial charge in [-0.1, -0.05) is 0 Å². The summed E-state index contributed by atoms with van der Waals surface area (Å²) in [6.07, 6.45) is 0.134.